The van der Waals surface area contributed by atoms with Crippen LogP contribution >= 0.6 is 11.8 Å². The van der Waals surface area contributed by atoms with E-state index in [9.17, 15) is 4.79 Å². The Kier molecular flexibility index (Phi) is 4.31. The number of fused-ring (bicyclic) bond motifs is 1. The molecule has 3 rings (SSSR count). The summed E-state index contributed by atoms with van der Waals surface area (Å²) in [6, 6.07) is 13.0. The molecule has 0 bridgehead atoms. The van der Waals surface area contributed by atoms with Crippen LogP contribution in [0.2, 0.25) is 0 Å². The molecule has 5 nitrogen and oxygen atoms in total. The summed E-state index contributed by atoms with van der Waals surface area (Å²) in [5, 5.41) is 0.775. The number of amides is 1. The number of hydrogen-bond acceptors (Lipinski definition) is 5. The Hall–Kier alpha value is -2.05. The summed E-state index contributed by atoms with van der Waals surface area (Å²) in [7, 11) is 1.58. The number of nitrogens with two attached hydrogens (primary N) is 1. The highest BCUT2D eigenvalue weighted by molar-refractivity contribution is 7.99. The van der Waals surface area contributed by atoms with Crippen LogP contribution < -0.4 is 15.4 Å². The fourth-order valence-corrected chi connectivity index (χ4v) is 3.29. The summed E-state index contributed by atoms with van der Waals surface area (Å²) in [6.07, 6.45) is 0. The van der Waals surface area contributed by atoms with Crippen molar-refractivity contribution < 1.29 is 9.53 Å². The number of pyridine rings is 1. The Morgan fingerprint density at radius 3 is 2.82 bits per heavy atom. The van der Waals surface area contributed by atoms with Gasteiger partial charge in [-0.05, 0) is 11.6 Å². The highest BCUT2D eigenvalue weighted by atomic mass is 32.2. The van der Waals surface area contributed by atoms with E-state index in [1.807, 2.05) is 36.4 Å². The van der Waals surface area contributed by atoms with Crippen LogP contribution in [-0.2, 0) is 11.3 Å². The van der Waals surface area contributed by atoms with Crippen LogP contribution in [0.4, 0.5) is 5.69 Å². The lowest BCUT2D eigenvalue weighted by Gasteiger charge is -2.24. The Balaban J connectivity index is 2.00. The van der Waals surface area contributed by atoms with Gasteiger partial charge in [-0.2, -0.15) is 0 Å². The van der Waals surface area contributed by atoms with Crippen molar-refractivity contribution in [3.63, 3.8) is 0 Å². The normalized spacial score (nSPS) is 17.8. The molecular weight excluding hydrogens is 298 g/mol. The molecule has 1 unspecified atom stereocenters. The molecule has 22 heavy (non-hydrogen) atoms. The van der Waals surface area contributed by atoms with Crippen molar-refractivity contribution in [3.05, 3.63) is 48.0 Å². The standard InChI is InChI=1S/C16H17N3O2S/c1-21-14-8-7-13-15(18-14)22-10-12(17)16(20)19(13)9-11-5-3-2-4-6-11/h2-8,12H,9-10,17H2,1H3. The largest absolute Gasteiger partial charge is 0.481 e. The third-order valence-electron chi connectivity index (χ3n) is 3.48. The third kappa shape index (κ3) is 2.93. The lowest BCUT2D eigenvalue weighted by atomic mass is 10.2. The van der Waals surface area contributed by atoms with E-state index >= 15 is 0 Å². The van der Waals surface area contributed by atoms with E-state index in [1.54, 1.807) is 18.1 Å². The molecule has 0 aliphatic carbocycles. The van der Waals surface area contributed by atoms with Crippen LogP contribution in [0.5, 0.6) is 5.88 Å². The van der Waals surface area contributed by atoms with Gasteiger partial charge in [-0.1, -0.05) is 30.3 Å². The summed E-state index contributed by atoms with van der Waals surface area (Å²) in [5.41, 5.74) is 7.84. The van der Waals surface area contributed by atoms with Crippen molar-refractivity contribution in [3.8, 4) is 5.88 Å². The van der Waals surface area contributed by atoms with Gasteiger partial charge in [0.25, 0.3) is 0 Å². The SMILES string of the molecule is COc1ccc2c(n1)SCC(N)C(=O)N2Cc1ccccc1. The van der Waals surface area contributed by atoms with Crippen LogP contribution in [0.15, 0.2) is 47.5 Å². The number of thioether (sulfide) groups is 1. The molecule has 1 amide bonds. The van der Waals surface area contributed by atoms with E-state index in [-0.39, 0.29) is 5.91 Å². The van der Waals surface area contributed by atoms with Gasteiger partial charge in [-0.15, -0.1) is 11.8 Å². The Bertz CT molecular complexity index is 678. The molecule has 0 radical (unpaired) electrons. The average Bonchev–Trinajstić information content (AvgIpc) is 2.67. The molecule has 2 heterocycles. The van der Waals surface area contributed by atoms with Crippen LogP contribution in [0.3, 0.4) is 0 Å². The fraction of sp³-hybridized carbons (Fsp3) is 0.250. The monoisotopic (exact) mass is 315 g/mol. The first-order valence-corrected chi connectivity index (χ1v) is 7.96. The molecule has 2 aromatic rings. The molecule has 0 fully saturated rings. The van der Waals surface area contributed by atoms with Gasteiger partial charge in [0.2, 0.25) is 11.8 Å². The first-order chi connectivity index (χ1) is 10.7. The van der Waals surface area contributed by atoms with Crippen molar-refractivity contribution in [1.29, 1.82) is 0 Å². The van der Waals surface area contributed by atoms with Crippen molar-refractivity contribution in [2.75, 3.05) is 17.8 Å². The number of nitrogens with zero attached hydrogens (tertiary/aromatic N) is 2. The lowest BCUT2D eigenvalue weighted by molar-refractivity contribution is -0.119. The Labute approximate surface area is 133 Å². The molecule has 0 saturated heterocycles. The number of benzene rings is 1. The molecule has 0 spiro atoms. The fourth-order valence-electron chi connectivity index (χ4n) is 2.33. The quantitative estimate of drug-likeness (QED) is 0.939. The number of methoxy groups -OCH3 is 1. The van der Waals surface area contributed by atoms with Crippen LogP contribution in [-0.4, -0.2) is 29.8 Å². The second-order valence-corrected chi connectivity index (χ2v) is 6.01. The van der Waals surface area contributed by atoms with Crippen molar-refractivity contribution >= 4 is 23.4 Å². The molecule has 0 saturated carbocycles. The topological polar surface area (TPSA) is 68.5 Å². The van der Waals surface area contributed by atoms with Gasteiger partial charge in [0.1, 0.15) is 5.03 Å². The minimum atomic E-state index is -0.533. The Morgan fingerprint density at radius 2 is 2.09 bits per heavy atom. The molecule has 1 aromatic heterocycles. The second kappa shape index (κ2) is 6.37. The van der Waals surface area contributed by atoms with Gasteiger partial charge in [0.05, 0.1) is 25.4 Å². The molecule has 1 aromatic carbocycles. The number of ether oxygens (including phenoxy) is 1. The number of aromatic nitrogens is 1. The van der Waals surface area contributed by atoms with Gasteiger partial charge < -0.3 is 15.4 Å². The lowest BCUT2D eigenvalue weighted by Crippen LogP contribution is -2.44. The molecule has 2 N–H and O–H groups in total. The summed E-state index contributed by atoms with van der Waals surface area (Å²) in [6.45, 7) is 0.481. The first-order valence-electron chi connectivity index (χ1n) is 6.98. The van der Waals surface area contributed by atoms with E-state index in [1.165, 1.54) is 11.8 Å². The van der Waals surface area contributed by atoms with Gasteiger partial charge >= 0.3 is 0 Å². The summed E-state index contributed by atoms with van der Waals surface area (Å²) in [5.74, 6) is 0.966. The summed E-state index contributed by atoms with van der Waals surface area (Å²) in [4.78, 5) is 18.7. The number of carbonyl (C=O) groups excluding carboxylic acids is 1. The van der Waals surface area contributed by atoms with E-state index in [0.29, 0.717) is 18.2 Å². The molecule has 1 aliphatic rings. The molecule has 6 heteroatoms. The predicted octanol–water partition coefficient (Wildman–Crippen LogP) is 2.06. The second-order valence-electron chi connectivity index (χ2n) is 5.01. The van der Waals surface area contributed by atoms with Gasteiger partial charge in [-0.3, -0.25) is 4.79 Å². The van der Waals surface area contributed by atoms with Gasteiger partial charge in [0, 0.05) is 11.8 Å². The van der Waals surface area contributed by atoms with E-state index < -0.39 is 6.04 Å². The van der Waals surface area contributed by atoms with Crippen LogP contribution in [0, 0.1) is 0 Å². The zero-order chi connectivity index (χ0) is 15.5. The predicted molar refractivity (Wildman–Crippen MR) is 87.1 cm³/mol. The number of hydrogen-bond donors (Lipinski definition) is 1. The Morgan fingerprint density at radius 1 is 1.32 bits per heavy atom. The summed E-state index contributed by atoms with van der Waals surface area (Å²) >= 11 is 1.49. The average molecular weight is 315 g/mol. The van der Waals surface area contributed by atoms with Crippen molar-refractivity contribution in [2.24, 2.45) is 5.73 Å². The molecule has 114 valence electrons. The molecule has 1 aliphatic heterocycles. The van der Waals surface area contributed by atoms with E-state index in [2.05, 4.69) is 4.98 Å². The van der Waals surface area contributed by atoms with Gasteiger partial charge in [0.15, 0.2) is 0 Å². The third-order valence-corrected chi connectivity index (χ3v) is 4.58. The highest BCUT2D eigenvalue weighted by Gasteiger charge is 2.29. The maximum atomic E-state index is 12.6. The minimum absolute atomic E-state index is 0.0814. The molecular formula is C16H17N3O2S. The maximum absolute atomic E-state index is 12.6. The number of rotatable bonds is 3. The van der Waals surface area contributed by atoms with Crippen LogP contribution in [0.1, 0.15) is 5.56 Å². The number of carbonyl (C=O) groups is 1. The van der Waals surface area contributed by atoms with Gasteiger partial charge in [-0.25, -0.2) is 4.98 Å². The molecule has 1 atom stereocenters. The zero-order valence-corrected chi connectivity index (χ0v) is 13.0. The highest BCUT2D eigenvalue weighted by Crippen LogP contribution is 2.34. The van der Waals surface area contributed by atoms with E-state index in [0.717, 1.165) is 16.3 Å². The maximum Gasteiger partial charge on any atom is 0.245 e. The zero-order valence-electron chi connectivity index (χ0n) is 12.2. The first kappa shape index (κ1) is 14.9. The van der Waals surface area contributed by atoms with E-state index in [4.69, 9.17) is 10.5 Å². The van der Waals surface area contributed by atoms with Crippen molar-refractivity contribution in [1.82, 2.24) is 4.98 Å². The van der Waals surface area contributed by atoms with Crippen LogP contribution in [0.25, 0.3) is 0 Å². The minimum Gasteiger partial charge on any atom is -0.481 e. The smallest absolute Gasteiger partial charge is 0.245 e. The number of anilines is 1. The van der Waals surface area contributed by atoms with Crippen molar-refractivity contribution in [2.45, 2.75) is 17.6 Å². The summed E-state index contributed by atoms with van der Waals surface area (Å²) < 4.78 is 5.17.